The predicted molar refractivity (Wildman–Crippen MR) is 119 cm³/mol. The highest BCUT2D eigenvalue weighted by atomic mass is 35.5. The monoisotopic (exact) mass is 429 g/mol. The molecule has 0 aromatic heterocycles. The number of likely N-dealkylation sites (tertiary alicyclic amines) is 1. The van der Waals surface area contributed by atoms with Crippen molar-refractivity contribution < 1.29 is 14.4 Å². The number of hydrogen-bond acceptors (Lipinski definition) is 4. The van der Waals surface area contributed by atoms with Crippen LogP contribution >= 0.6 is 12.4 Å². The largest absolute Gasteiger partial charge is 0.342 e. The molecule has 0 radical (unpaired) electrons. The van der Waals surface area contributed by atoms with Crippen molar-refractivity contribution in [2.75, 3.05) is 33.2 Å². The van der Waals surface area contributed by atoms with E-state index in [-0.39, 0.29) is 36.7 Å². The first-order valence-corrected chi connectivity index (χ1v) is 10.4. The van der Waals surface area contributed by atoms with Crippen LogP contribution in [0.4, 0.5) is 0 Å². The predicted octanol–water partition coefficient (Wildman–Crippen LogP) is 3.10. The van der Waals surface area contributed by atoms with Gasteiger partial charge in [0.25, 0.3) is 11.8 Å². The highest BCUT2D eigenvalue weighted by Gasteiger charge is 2.32. The molecule has 1 fully saturated rings. The number of halogens is 1. The molecule has 2 aliphatic rings. The third-order valence-electron chi connectivity index (χ3n) is 5.99. The molecule has 0 aliphatic carbocycles. The third-order valence-corrected chi connectivity index (χ3v) is 5.99. The topological polar surface area (TPSA) is 69.7 Å². The van der Waals surface area contributed by atoms with Crippen LogP contribution in [0.15, 0.2) is 36.4 Å². The van der Waals surface area contributed by atoms with Gasteiger partial charge in [-0.3, -0.25) is 19.3 Å². The maximum Gasteiger partial charge on any atom is 0.261 e. The van der Waals surface area contributed by atoms with Crippen molar-refractivity contribution >= 4 is 40.9 Å². The van der Waals surface area contributed by atoms with Gasteiger partial charge in [-0.15, -0.1) is 12.4 Å². The Morgan fingerprint density at radius 2 is 1.77 bits per heavy atom. The van der Waals surface area contributed by atoms with Gasteiger partial charge >= 0.3 is 0 Å². The van der Waals surface area contributed by atoms with E-state index < -0.39 is 0 Å². The molecule has 0 bridgehead atoms. The van der Waals surface area contributed by atoms with Crippen LogP contribution in [0.1, 0.15) is 46.4 Å². The number of hydrogen-bond donors (Lipinski definition) is 1. The molecule has 2 heterocycles. The van der Waals surface area contributed by atoms with Gasteiger partial charge in [-0.2, -0.15) is 0 Å². The Kier molecular flexibility index (Phi) is 7.10. The molecule has 3 amide bonds. The summed E-state index contributed by atoms with van der Waals surface area (Å²) in [5.74, 6) is 0.0859. The number of rotatable bonds is 6. The molecule has 0 saturated carbocycles. The van der Waals surface area contributed by atoms with Gasteiger partial charge in [0.15, 0.2) is 0 Å². The SMILES string of the molecule is CNCC1CCCN(C(=O)CCCN2C(=O)c3cccc4cccc(c34)C2=O)C1.Cl. The van der Waals surface area contributed by atoms with E-state index in [1.165, 1.54) is 4.90 Å². The van der Waals surface area contributed by atoms with Gasteiger partial charge in [-0.1, -0.05) is 24.3 Å². The standard InChI is InChI=1S/C23H27N3O3.ClH/c1-24-14-16-6-4-12-25(15-16)20(27)11-5-13-26-22(28)18-9-2-7-17-8-3-10-19(21(17)18)23(26)29;/h2-3,7-10,16,24H,4-6,11-15H2,1H3;1H. The molecule has 2 aromatic carbocycles. The van der Waals surface area contributed by atoms with Crippen molar-refractivity contribution in [3.8, 4) is 0 Å². The van der Waals surface area contributed by atoms with Gasteiger partial charge in [0.1, 0.15) is 0 Å². The number of piperidine rings is 1. The molecular formula is C23H28ClN3O3. The van der Waals surface area contributed by atoms with E-state index in [4.69, 9.17) is 0 Å². The number of nitrogens with one attached hydrogen (secondary N) is 1. The number of benzene rings is 2. The van der Waals surface area contributed by atoms with Crippen molar-refractivity contribution in [3.63, 3.8) is 0 Å². The zero-order valence-corrected chi connectivity index (χ0v) is 18.0. The Balaban J connectivity index is 0.00000256. The van der Waals surface area contributed by atoms with Gasteiger partial charge in [-0.05, 0) is 56.3 Å². The van der Waals surface area contributed by atoms with Crippen LogP contribution in [0.2, 0.25) is 0 Å². The van der Waals surface area contributed by atoms with Gasteiger partial charge < -0.3 is 10.2 Å². The quantitative estimate of drug-likeness (QED) is 0.716. The molecule has 30 heavy (non-hydrogen) atoms. The van der Waals surface area contributed by atoms with E-state index in [1.54, 1.807) is 12.1 Å². The number of amides is 3. The second kappa shape index (κ2) is 9.58. The zero-order chi connectivity index (χ0) is 20.4. The molecule has 7 heteroatoms. The Hall–Kier alpha value is -2.44. The van der Waals surface area contributed by atoms with Crippen LogP contribution in [-0.4, -0.2) is 60.7 Å². The highest BCUT2D eigenvalue weighted by molar-refractivity contribution is 6.25. The molecule has 1 atom stereocenters. The summed E-state index contributed by atoms with van der Waals surface area (Å²) in [7, 11) is 1.94. The van der Waals surface area contributed by atoms with Gasteiger partial charge in [0.05, 0.1) is 0 Å². The average molecular weight is 430 g/mol. The van der Waals surface area contributed by atoms with E-state index in [2.05, 4.69) is 5.32 Å². The lowest BCUT2D eigenvalue weighted by Gasteiger charge is -2.33. The first kappa shape index (κ1) is 22.2. The van der Waals surface area contributed by atoms with Crippen molar-refractivity contribution in [2.24, 2.45) is 5.92 Å². The minimum Gasteiger partial charge on any atom is -0.342 e. The summed E-state index contributed by atoms with van der Waals surface area (Å²) in [6, 6.07) is 11.1. The van der Waals surface area contributed by atoms with Crippen molar-refractivity contribution in [1.29, 1.82) is 0 Å². The molecule has 0 spiro atoms. The van der Waals surface area contributed by atoms with E-state index >= 15 is 0 Å². The van der Waals surface area contributed by atoms with Crippen LogP contribution in [-0.2, 0) is 4.79 Å². The van der Waals surface area contributed by atoms with Gasteiger partial charge in [-0.25, -0.2) is 0 Å². The van der Waals surface area contributed by atoms with Crippen LogP contribution < -0.4 is 5.32 Å². The number of carbonyl (C=O) groups excluding carboxylic acids is 3. The fraction of sp³-hybridized carbons (Fsp3) is 0.435. The Morgan fingerprint density at radius 3 is 2.40 bits per heavy atom. The lowest BCUT2D eigenvalue weighted by molar-refractivity contribution is -0.133. The Morgan fingerprint density at radius 1 is 1.10 bits per heavy atom. The van der Waals surface area contributed by atoms with Crippen LogP contribution in [0.25, 0.3) is 10.8 Å². The summed E-state index contributed by atoms with van der Waals surface area (Å²) in [5.41, 5.74) is 1.13. The van der Waals surface area contributed by atoms with Crippen molar-refractivity contribution in [3.05, 3.63) is 47.5 Å². The molecule has 2 aliphatic heterocycles. The summed E-state index contributed by atoms with van der Waals surface area (Å²) in [5, 5.41) is 4.83. The fourth-order valence-electron chi connectivity index (χ4n) is 4.58. The van der Waals surface area contributed by atoms with E-state index in [9.17, 15) is 14.4 Å². The van der Waals surface area contributed by atoms with Crippen LogP contribution in [0.3, 0.4) is 0 Å². The van der Waals surface area contributed by atoms with E-state index in [0.717, 1.165) is 43.2 Å². The maximum absolute atomic E-state index is 12.9. The molecule has 1 unspecified atom stereocenters. The van der Waals surface area contributed by atoms with Crippen LogP contribution in [0, 0.1) is 5.92 Å². The molecule has 160 valence electrons. The number of nitrogens with zero attached hydrogens (tertiary/aromatic N) is 2. The third kappa shape index (κ3) is 4.20. The second-order valence-electron chi connectivity index (χ2n) is 7.98. The molecule has 4 rings (SSSR count). The number of imide groups is 1. The Labute approximate surface area is 183 Å². The molecule has 2 aromatic rings. The van der Waals surface area contributed by atoms with Crippen molar-refractivity contribution in [2.45, 2.75) is 25.7 Å². The normalized spacial score (nSPS) is 18.5. The summed E-state index contributed by atoms with van der Waals surface area (Å²) in [4.78, 5) is 41.7. The molecule has 6 nitrogen and oxygen atoms in total. The zero-order valence-electron chi connectivity index (χ0n) is 17.2. The lowest BCUT2D eigenvalue weighted by Crippen LogP contribution is -2.43. The molecular weight excluding hydrogens is 402 g/mol. The van der Waals surface area contributed by atoms with E-state index in [0.29, 0.717) is 29.9 Å². The second-order valence-corrected chi connectivity index (χ2v) is 7.98. The average Bonchev–Trinajstić information content (AvgIpc) is 2.74. The minimum atomic E-state index is -0.265. The first-order valence-electron chi connectivity index (χ1n) is 10.4. The van der Waals surface area contributed by atoms with E-state index in [1.807, 2.05) is 36.2 Å². The number of carbonyl (C=O) groups is 3. The summed E-state index contributed by atoms with van der Waals surface area (Å²) < 4.78 is 0. The van der Waals surface area contributed by atoms with Crippen LogP contribution in [0.5, 0.6) is 0 Å². The summed E-state index contributed by atoms with van der Waals surface area (Å²) in [6.45, 7) is 2.78. The minimum absolute atomic E-state index is 0. The fourth-order valence-corrected chi connectivity index (χ4v) is 4.58. The first-order chi connectivity index (χ1) is 14.1. The highest BCUT2D eigenvalue weighted by Crippen LogP contribution is 2.30. The smallest absolute Gasteiger partial charge is 0.261 e. The maximum atomic E-state index is 12.9. The molecule has 1 N–H and O–H groups in total. The lowest BCUT2D eigenvalue weighted by atomic mass is 9.94. The Bertz CT molecular complexity index is 909. The van der Waals surface area contributed by atoms with Gasteiger partial charge in [0.2, 0.25) is 5.91 Å². The molecule has 1 saturated heterocycles. The summed E-state index contributed by atoms with van der Waals surface area (Å²) >= 11 is 0. The summed E-state index contributed by atoms with van der Waals surface area (Å²) in [6.07, 6.45) is 3.02. The van der Waals surface area contributed by atoms with Gasteiger partial charge in [0, 0.05) is 42.6 Å². The van der Waals surface area contributed by atoms with Crippen molar-refractivity contribution in [1.82, 2.24) is 15.1 Å².